The van der Waals surface area contributed by atoms with Crippen LogP contribution in [-0.4, -0.2) is 29.0 Å². The maximum absolute atomic E-state index is 12.2. The molecule has 0 aromatic heterocycles. The van der Waals surface area contributed by atoms with E-state index in [9.17, 15) is 9.90 Å². The molecule has 0 spiro atoms. The van der Waals surface area contributed by atoms with Gasteiger partial charge in [-0.05, 0) is 43.5 Å². The number of carbonyl (C=O) groups is 1. The average Bonchev–Trinajstić information content (AvgIpc) is 2.84. The Balaban J connectivity index is 2.15. The highest BCUT2D eigenvalue weighted by Gasteiger charge is 2.24. The molecule has 1 aliphatic rings. The number of aryl methyl sites for hydroxylation is 1. The lowest BCUT2D eigenvalue weighted by Gasteiger charge is -2.24. The predicted octanol–water partition coefficient (Wildman–Crippen LogP) is 2.72. The molecule has 0 atom stereocenters. The van der Waals surface area contributed by atoms with Gasteiger partial charge >= 0.3 is 0 Å². The monoisotopic (exact) mass is 233 g/mol. The molecule has 0 radical (unpaired) electrons. The largest absolute Gasteiger partial charge is 0.508 e. The van der Waals surface area contributed by atoms with Crippen LogP contribution in [0.25, 0.3) is 0 Å². The Hall–Kier alpha value is -1.51. The second-order valence-corrected chi connectivity index (χ2v) is 4.86. The number of amides is 1. The molecule has 1 aromatic carbocycles. The molecule has 0 saturated heterocycles. The van der Waals surface area contributed by atoms with Crippen molar-refractivity contribution < 1.29 is 9.90 Å². The van der Waals surface area contributed by atoms with Gasteiger partial charge in [0.05, 0.1) is 0 Å². The van der Waals surface area contributed by atoms with Crippen LogP contribution in [0.15, 0.2) is 18.2 Å². The van der Waals surface area contributed by atoms with Crippen molar-refractivity contribution in [3.05, 3.63) is 29.3 Å². The molecule has 1 amide bonds. The number of hydrogen-bond donors (Lipinski definition) is 1. The summed E-state index contributed by atoms with van der Waals surface area (Å²) in [6.45, 7) is 1.81. The summed E-state index contributed by atoms with van der Waals surface area (Å²) in [6.07, 6.45) is 4.66. The first-order chi connectivity index (χ1) is 8.09. The van der Waals surface area contributed by atoms with Gasteiger partial charge in [0.2, 0.25) is 0 Å². The minimum Gasteiger partial charge on any atom is -0.508 e. The molecule has 1 fully saturated rings. The van der Waals surface area contributed by atoms with Crippen LogP contribution in [-0.2, 0) is 0 Å². The molecular weight excluding hydrogens is 214 g/mol. The first-order valence-corrected chi connectivity index (χ1v) is 6.16. The summed E-state index contributed by atoms with van der Waals surface area (Å²) in [5, 5.41) is 9.45. The van der Waals surface area contributed by atoms with Crippen molar-refractivity contribution in [2.75, 3.05) is 7.05 Å². The third-order valence-corrected chi connectivity index (χ3v) is 3.64. The van der Waals surface area contributed by atoms with E-state index in [1.807, 2.05) is 18.9 Å². The Labute approximate surface area is 102 Å². The summed E-state index contributed by atoms with van der Waals surface area (Å²) in [5.74, 6) is 0.296. The van der Waals surface area contributed by atoms with Crippen molar-refractivity contribution in [1.29, 1.82) is 0 Å². The average molecular weight is 233 g/mol. The Kier molecular flexibility index (Phi) is 3.36. The van der Waals surface area contributed by atoms with Crippen LogP contribution >= 0.6 is 0 Å². The molecule has 17 heavy (non-hydrogen) atoms. The Morgan fingerprint density at radius 3 is 2.59 bits per heavy atom. The molecule has 0 bridgehead atoms. The Morgan fingerprint density at radius 1 is 1.35 bits per heavy atom. The fourth-order valence-corrected chi connectivity index (χ4v) is 2.45. The molecule has 3 heteroatoms. The van der Waals surface area contributed by atoms with Crippen molar-refractivity contribution in [1.82, 2.24) is 4.90 Å². The van der Waals surface area contributed by atoms with E-state index in [2.05, 4.69) is 0 Å². The molecule has 0 heterocycles. The molecule has 2 rings (SSSR count). The first-order valence-electron chi connectivity index (χ1n) is 6.16. The number of aromatic hydroxyl groups is 1. The van der Waals surface area contributed by atoms with Gasteiger partial charge in [-0.3, -0.25) is 4.79 Å². The maximum Gasteiger partial charge on any atom is 0.253 e. The summed E-state index contributed by atoms with van der Waals surface area (Å²) >= 11 is 0. The van der Waals surface area contributed by atoms with Gasteiger partial charge in [0.25, 0.3) is 5.91 Å². The second-order valence-electron chi connectivity index (χ2n) is 4.86. The van der Waals surface area contributed by atoms with E-state index in [1.54, 1.807) is 18.2 Å². The zero-order valence-corrected chi connectivity index (χ0v) is 10.4. The van der Waals surface area contributed by atoms with Gasteiger partial charge in [0.1, 0.15) is 5.75 Å². The zero-order valence-electron chi connectivity index (χ0n) is 10.4. The molecule has 0 aliphatic heterocycles. The summed E-state index contributed by atoms with van der Waals surface area (Å²) in [6, 6.07) is 5.42. The number of nitrogens with zero attached hydrogens (tertiary/aromatic N) is 1. The van der Waals surface area contributed by atoms with Crippen LogP contribution in [0.5, 0.6) is 5.75 Å². The Bertz CT molecular complexity index is 422. The van der Waals surface area contributed by atoms with Crippen LogP contribution in [0, 0.1) is 6.92 Å². The van der Waals surface area contributed by atoms with Crippen LogP contribution in [0.4, 0.5) is 0 Å². The highest BCUT2D eigenvalue weighted by molar-refractivity contribution is 5.94. The smallest absolute Gasteiger partial charge is 0.253 e. The van der Waals surface area contributed by atoms with E-state index >= 15 is 0 Å². The maximum atomic E-state index is 12.2. The molecule has 1 N–H and O–H groups in total. The number of hydrogen-bond acceptors (Lipinski definition) is 2. The SMILES string of the molecule is Cc1cc(C(=O)N(C)C2CCCC2)ccc1O. The summed E-state index contributed by atoms with van der Waals surface area (Å²) in [4.78, 5) is 14.1. The van der Waals surface area contributed by atoms with Gasteiger partial charge in [-0.15, -0.1) is 0 Å². The lowest BCUT2D eigenvalue weighted by atomic mass is 10.1. The van der Waals surface area contributed by atoms with Crippen LogP contribution in [0.2, 0.25) is 0 Å². The summed E-state index contributed by atoms with van der Waals surface area (Å²) < 4.78 is 0. The van der Waals surface area contributed by atoms with Gasteiger partial charge in [-0.25, -0.2) is 0 Å². The van der Waals surface area contributed by atoms with Crippen LogP contribution < -0.4 is 0 Å². The third kappa shape index (κ3) is 2.43. The van der Waals surface area contributed by atoms with Gasteiger partial charge in [0.15, 0.2) is 0 Å². The molecule has 92 valence electrons. The van der Waals surface area contributed by atoms with Crippen LogP contribution in [0.3, 0.4) is 0 Å². The lowest BCUT2D eigenvalue weighted by Crippen LogP contribution is -2.35. The van der Waals surface area contributed by atoms with E-state index in [0.717, 1.165) is 18.4 Å². The fraction of sp³-hybridized carbons (Fsp3) is 0.500. The van der Waals surface area contributed by atoms with Crippen molar-refractivity contribution >= 4 is 5.91 Å². The van der Waals surface area contributed by atoms with Crippen molar-refractivity contribution in [3.8, 4) is 5.75 Å². The van der Waals surface area contributed by atoms with Crippen molar-refractivity contribution in [2.45, 2.75) is 38.6 Å². The number of benzene rings is 1. The number of rotatable bonds is 2. The van der Waals surface area contributed by atoms with E-state index in [0.29, 0.717) is 11.6 Å². The minimum atomic E-state index is 0.0556. The second kappa shape index (κ2) is 4.78. The highest BCUT2D eigenvalue weighted by atomic mass is 16.3. The quantitative estimate of drug-likeness (QED) is 0.853. The molecular formula is C14H19NO2. The van der Waals surface area contributed by atoms with Gasteiger partial charge in [-0.1, -0.05) is 12.8 Å². The normalized spacial score (nSPS) is 16.1. The van der Waals surface area contributed by atoms with E-state index in [4.69, 9.17) is 0 Å². The highest BCUT2D eigenvalue weighted by Crippen LogP contribution is 2.24. The number of phenolic OH excluding ortho intramolecular Hbond substituents is 1. The Morgan fingerprint density at radius 2 is 2.00 bits per heavy atom. The predicted molar refractivity (Wildman–Crippen MR) is 67.2 cm³/mol. The molecule has 1 saturated carbocycles. The zero-order chi connectivity index (χ0) is 12.4. The molecule has 0 unspecified atom stereocenters. The summed E-state index contributed by atoms with van der Waals surface area (Å²) in [7, 11) is 1.88. The molecule has 1 aliphatic carbocycles. The third-order valence-electron chi connectivity index (χ3n) is 3.64. The molecule has 3 nitrogen and oxygen atoms in total. The number of phenols is 1. The lowest BCUT2D eigenvalue weighted by molar-refractivity contribution is 0.0735. The van der Waals surface area contributed by atoms with E-state index < -0.39 is 0 Å². The van der Waals surface area contributed by atoms with Gasteiger partial charge in [-0.2, -0.15) is 0 Å². The first kappa shape index (κ1) is 12.0. The fourth-order valence-electron chi connectivity index (χ4n) is 2.45. The van der Waals surface area contributed by atoms with E-state index in [1.165, 1.54) is 12.8 Å². The van der Waals surface area contributed by atoms with Crippen LogP contribution in [0.1, 0.15) is 41.6 Å². The minimum absolute atomic E-state index is 0.0556. The van der Waals surface area contributed by atoms with Gasteiger partial charge in [0, 0.05) is 18.7 Å². The topological polar surface area (TPSA) is 40.5 Å². The van der Waals surface area contributed by atoms with E-state index in [-0.39, 0.29) is 11.7 Å². The molecule has 1 aromatic rings. The van der Waals surface area contributed by atoms with Crippen molar-refractivity contribution in [2.24, 2.45) is 0 Å². The van der Waals surface area contributed by atoms with Crippen molar-refractivity contribution in [3.63, 3.8) is 0 Å². The standard InChI is InChI=1S/C14H19NO2/c1-10-9-11(7-8-13(10)16)14(17)15(2)12-5-3-4-6-12/h7-9,12,16H,3-6H2,1-2H3. The van der Waals surface area contributed by atoms with Gasteiger partial charge < -0.3 is 10.0 Å². The summed E-state index contributed by atoms with van der Waals surface area (Å²) in [5.41, 5.74) is 1.41. The number of carbonyl (C=O) groups excluding carboxylic acids is 1.